The molecule has 0 spiro atoms. The maximum absolute atomic E-state index is 11.1. The second-order valence-corrected chi connectivity index (χ2v) is 5.83. The molecule has 2 rings (SSSR count). The molecule has 0 aliphatic carbocycles. The molecule has 21 heavy (non-hydrogen) atoms. The molecule has 1 heterocycles. The number of nitrogens with zero attached hydrogens (tertiary/aromatic N) is 3. The molecule has 1 N–H and O–H groups in total. The fourth-order valence-electron chi connectivity index (χ4n) is 1.59. The van der Waals surface area contributed by atoms with Crippen LogP contribution in [0.25, 0.3) is 0 Å². The molecule has 0 aliphatic rings. The van der Waals surface area contributed by atoms with Gasteiger partial charge in [-0.1, -0.05) is 23.2 Å². The fraction of sp³-hybridized carbons (Fsp3) is 0.0909. The summed E-state index contributed by atoms with van der Waals surface area (Å²) in [6, 6.07) is 3.26. The number of benzene rings is 1. The first-order valence-electron chi connectivity index (χ1n) is 5.40. The lowest BCUT2D eigenvalue weighted by atomic mass is 10.3. The van der Waals surface area contributed by atoms with E-state index in [0.29, 0.717) is 10.2 Å². The fourth-order valence-corrected chi connectivity index (χ4v) is 2.62. The summed E-state index contributed by atoms with van der Waals surface area (Å²) in [5, 5.41) is 14.3. The van der Waals surface area contributed by atoms with Gasteiger partial charge in [0.15, 0.2) is 0 Å². The molecule has 0 aliphatic heterocycles. The zero-order valence-electron chi connectivity index (χ0n) is 10.3. The molecule has 6 nitrogen and oxygen atoms in total. The van der Waals surface area contributed by atoms with Crippen LogP contribution in [0, 0.1) is 17.0 Å². The Hall–Kier alpha value is -1.15. The van der Waals surface area contributed by atoms with Gasteiger partial charge in [0.05, 0.1) is 20.7 Å². The van der Waals surface area contributed by atoms with Gasteiger partial charge in [-0.2, -0.15) is 4.98 Å². The molecule has 1 aromatic carbocycles. The summed E-state index contributed by atoms with van der Waals surface area (Å²) in [4.78, 5) is 18.1. The second kappa shape index (κ2) is 6.31. The maximum atomic E-state index is 11.1. The van der Waals surface area contributed by atoms with Crippen molar-refractivity contribution in [2.45, 2.75) is 6.92 Å². The van der Waals surface area contributed by atoms with E-state index in [9.17, 15) is 10.1 Å². The van der Waals surface area contributed by atoms with Gasteiger partial charge in [-0.25, -0.2) is 4.98 Å². The number of anilines is 2. The molecule has 0 atom stereocenters. The highest BCUT2D eigenvalue weighted by Crippen LogP contribution is 2.38. The number of hydrogen-bond donors (Lipinski definition) is 1. The molecule has 0 fully saturated rings. The standard InChI is InChI=1S/C11H6BrCl3N4O2/c1-4-9(19(20)21)10(18-11(15)16-4)17-6-3-2-5(12)7(13)8(6)14/h2-3H,1H3,(H,16,17,18). The Balaban J connectivity index is 2.54. The van der Waals surface area contributed by atoms with Gasteiger partial charge in [0.2, 0.25) is 11.1 Å². The summed E-state index contributed by atoms with van der Waals surface area (Å²) in [6.45, 7) is 1.47. The molecule has 0 saturated heterocycles. The third-order valence-electron chi connectivity index (χ3n) is 2.50. The van der Waals surface area contributed by atoms with Gasteiger partial charge in [0, 0.05) is 4.47 Å². The molecule has 2 aromatic rings. The van der Waals surface area contributed by atoms with E-state index in [1.165, 1.54) is 6.92 Å². The van der Waals surface area contributed by atoms with Gasteiger partial charge >= 0.3 is 5.69 Å². The van der Waals surface area contributed by atoms with Gasteiger partial charge in [-0.3, -0.25) is 10.1 Å². The normalized spacial score (nSPS) is 10.5. The van der Waals surface area contributed by atoms with Crippen molar-refractivity contribution in [3.8, 4) is 0 Å². The van der Waals surface area contributed by atoms with Crippen LogP contribution in [0.15, 0.2) is 16.6 Å². The molecule has 0 radical (unpaired) electrons. The zero-order valence-corrected chi connectivity index (χ0v) is 14.2. The van der Waals surface area contributed by atoms with Crippen LogP contribution in [0.5, 0.6) is 0 Å². The summed E-state index contributed by atoms with van der Waals surface area (Å²) in [7, 11) is 0. The van der Waals surface area contributed by atoms with Crippen LogP contribution in [0.2, 0.25) is 15.3 Å². The monoisotopic (exact) mass is 410 g/mol. The molecule has 0 amide bonds. The van der Waals surface area contributed by atoms with Crippen LogP contribution in [-0.4, -0.2) is 14.9 Å². The Bertz CT molecular complexity index is 742. The molecule has 0 saturated carbocycles. The van der Waals surface area contributed by atoms with Crippen LogP contribution in [0.1, 0.15) is 5.69 Å². The lowest BCUT2D eigenvalue weighted by Crippen LogP contribution is -2.04. The predicted molar refractivity (Wildman–Crippen MR) is 85.9 cm³/mol. The Morgan fingerprint density at radius 3 is 2.52 bits per heavy atom. The lowest BCUT2D eigenvalue weighted by Gasteiger charge is -2.11. The van der Waals surface area contributed by atoms with E-state index in [4.69, 9.17) is 34.8 Å². The number of aryl methyl sites for hydroxylation is 1. The maximum Gasteiger partial charge on any atom is 0.332 e. The molecule has 1 aromatic heterocycles. The summed E-state index contributed by atoms with van der Waals surface area (Å²) < 4.78 is 0.603. The van der Waals surface area contributed by atoms with Crippen LogP contribution < -0.4 is 5.32 Å². The van der Waals surface area contributed by atoms with Crippen molar-refractivity contribution in [3.05, 3.63) is 47.7 Å². The Kier molecular flexibility index (Phi) is 4.88. The minimum atomic E-state index is -0.595. The first kappa shape index (κ1) is 16.2. The van der Waals surface area contributed by atoms with Gasteiger partial charge in [0.1, 0.15) is 5.69 Å². The van der Waals surface area contributed by atoms with E-state index in [1.807, 2.05) is 0 Å². The van der Waals surface area contributed by atoms with Gasteiger partial charge in [0.25, 0.3) is 0 Å². The smallest absolute Gasteiger partial charge is 0.332 e. The van der Waals surface area contributed by atoms with Crippen molar-refractivity contribution in [2.75, 3.05) is 5.32 Å². The van der Waals surface area contributed by atoms with E-state index < -0.39 is 4.92 Å². The summed E-state index contributed by atoms with van der Waals surface area (Å²) in [5.41, 5.74) is 0.221. The number of nitro groups is 1. The Morgan fingerprint density at radius 1 is 1.24 bits per heavy atom. The third-order valence-corrected chi connectivity index (χ3v) is 4.44. The topological polar surface area (TPSA) is 81.0 Å². The highest BCUT2D eigenvalue weighted by Gasteiger charge is 2.23. The van der Waals surface area contributed by atoms with E-state index in [0.717, 1.165) is 0 Å². The van der Waals surface area contributed by atoms with Crippen molar-refractivity contribution in [3.63, 3.8) is 0 Å². The SMILES string of the molecule is Cc1nc(Cl)nc(Nc2ccc(Br)c(Cl)c2Cl)c1[N+](=O)[O-]. The number of hydrogen-bond acceptors (Lipinski definition) is 5. The van der Waals surface area contributed by atoms with Gasteiger partial charge < -0.3 is 5.32 Å². The molecule has 10 heteroatoms. The van der Waals surface area contributed by atoms with Gasteiger partial charge in [-0.05, 0) is 46.6 Å². The highest BCUT2D eigenvalue weighted by atomic mass is 79.9. The molecule has 0 bridgehead atoms. The van der Waals surface area contributed by atoms with E-state index in [2.05, 4.69) is 31.2 Å². The number of nitrogens with one attached hydrogen (secondary N) is 1. The summed E-state index contributed by atoms with van der Waals surface area (Å²) in [6.07, 6.45) is 0. The average Bonchev–Trinajstić information content (AvgIpc) is 2.38. The van der Waals surface area contributed by atoms with Gasteiger partial charge in [-0.15, -0.1) is 0 Å². The average molecular weight is 412 g/mol. The minimum absolute atomic E-state index is 0.0576. The first-order chi connectivity index (χ1) is 9.81. The molecular weight excluding hydrogens is 406 g/mol. The van der Waals surface area contributed by atoms with Crippen molar-refractivity contribution in [2.24, 2.45) is 0 Å². The minimum Gasteiger partial charge on any atom is -0.333 e. The van der Waals surface area contributed by atoms with Crippen LogP contribution in [0.3, 0.4) is 0 Å². The molecule has 110 valence electrons. The lowest BCUT2D eigenvalue weighted by molar-refractivity contribution is -0.385. The third kappa shape index (κ3) is 3.37. The van der Waals surface area contributed by atoms with Crippen molar-refractivity contribution < 1.29 is 4.92 Å². The van der Waals surface area contributed by atoms with E-state index in [1.54, 1.807) is 12.1 Å². The first-order valence-corrected chi connectivity index (χ1v) is 7.33. The number of halogens is 4. The number of rotatable bonds is 3. The van der Waals surface area contributed by atoms with Crippen molar-refractivity contribution in [1.82, 2.24) is 9.97 Å². The summed E-state index contributed by atoms with van der Waals surface area (Å²) in [5.74, 6) is -0.0576. The second-order valence-electron chi connectivity index (χ2n) is 3.88. The highest BCUT2D eigenvalue weighted by molar-refractivity contribution is 9.10. The predicted octanol–water partition coefficient (Wildman–Crippen LogP) is 5.16. The van der Waals surface area contributed by atoms with Crippen molar-refractivity contribution >= 4 is 67.9 Å². The Morgan fingerprint density at radius 2 is 1.90 bits per heavy atom. The van der Waals surface area contributed by atoms with Crippen LogP contribution in [-0.2, 0) is 0 Å². The summed E-state index contributed by atoms with van der Waals surface area (Å²) >= 11 is 21.1. The van der Waals surface area contributed by atoms with Crippen LogP contribution >= 0.6 is 50.7 Å². The van der Waals surface area contributed by atoms with Crippen molar-refractivity contribution in [1.29, 1.82) is 0 Å². The molecular formula is C11H6BrCl3N4O2. The van der Waals surface area contributed by atoms with E-state index in [-0.39, 0.29) is 32.5 Å². The quantitative estimate of drug-likeness (QED) is 0.326. The zero-order chi connectivity index (χ0) is 15.7. The largest absolute Gasteiger partial charge is 0.333 e. The molecule has 0 unspecified atom stereocenters. The van der Waals surface area contributed by atoms with Crippen LogP contribution in [0.4, 0.5) is 17.2 Å². The van der Waals surface area contributed by atoms with E-state index >= 15 is 0 Å². The Labute approximate surface area is 142 Å². The number of aromatic nitrogens is 2.